The van der Waals surface area contributed by atoms with Crippen molar-refractivity contribution in [1.29, 1.82) is 0 Å². The van der Waals surface area contributed by atoms with E-state index in [1.165, 1.54) is 0 Å². The van der Waals surface area contributed by atoms with Gasteiger partial charge in [-0.1, -0.05) is 0 Å². The number of thiazole rings is 1. The molecule has 6 heteroatoms. The standard InChI is InChI=1S/C10H16N2O2S2/c11-5-9-6-12-10(15-9)4-8-2-1-3-16(13,14)7-8/h6,8H,1-5,7,11H2. The predicted octanol–water partition coefficient (Wildman–Crippen LogP) is 0.969. The molecule has 90 valence electrons. The van der Waals surface area contributed by atoms with Gasteiger partial charge in [-0.3, -0.25) is 0 Å². The van der Waals surface area contributed by atoms with E-state index in [4.69, 9.17) is 5.73 Å². The van der Waals surface area contributed by atoms with Crippen LogP contribution in [0.2, 0.25) is 0 Å². The van der Waals surface area contributed by atoms with Gasteiger partial charge in [-0.25, -0.2) is 13.4 Å². The van der Waals surface area contributed by atoms with Gasteiger partial charge >= 0.3 is 0 Å². The fraction of sp³-hybridized carbons (Fsp3) is 0.700. The molecule has 1 aromatic rings. The molecule has 0 aromatic carbocycles. The van der Waals surface area contributed by atoms with Crippen LogP contribution in [0.3, 0.4) is 0 Å². The van der Waals surface area contributed by atoms with E-state index in [-0.39, 0.29) is 5.92 Å². The van der Waals surface area contributed by atoms with Crippen molar-refractivity contribution in [3.05, 3.63) is 16.1 Å². The number of aromatic nitrogens is 1. The van der Waals surface area contributed by atoms with E-state index in [1.807, 2.05) is 0 Å². The summed E-state index contributed by atoms with van der Waals surface area (Å²) in [7, 11) is -2.80. The Kier molecular flexibility index (Phi) is 3.61. The zero-order valence-corrected chi connectivity index (χ0v) is 10.7. The number of nitrogens with two attached hydrogens (primary N) is 1. The Morgan fingerprint density at radius 3 is 3.00 bits per heavy atom. The molecule has 2 heterocycles. The fourth-order valence-corrected chi connectivity index (χ4v) is 4.75. The highest BCUT2D eigenvalue weighted by Gasteiger charge is 2.25. The third-order valence-corrected chi connectivity index (χ3v) is 5.76. The van der Waals surface area contributed by atoms with Gasteiger partial charge in [-0.15, -0.1) is 11.3 Å². The Morgan fingerprint density at radius 2 is 2.38 bits per heavy atom. The minimum Gasteiger partial charge on any atom is -0.326 e. The molecule has 2 rings (SSSR count). The fourth-order valence-electron chi connectivity index (χ4n) is 2.06. The Hall–Kier alpha value is -0.460. The monoisotopic (exact) mass is 260 g/mol. The number of sulfone groups is 1. The second-order valence-corrected chi connectivity index (χ2v) is 7.68. The number of hydrogen-bond donors (Lipinski definition) is 1. The summed E-state index contributed by atoms with van der Waals surface area (Å²) in [4.78, 5) is 5.34. The Bertz CT molecular complexity index is 453. The molecule has 0 amide bonds. The average molecular weight is 260 g/mol. The molecule has 1 saturated heterocycles. The number of hydrogen-bond acceptors (Lipinski definition) is 5. The molecule has 1 fully saturated rings. The largest absolute Gasteiger partial charge is 0.326 e. The molecular formula is C10H16N2O2S2. The molecular weight excluding hydrogens is 244 g/mol. The summed E-state index contributed by atoms with van der Waals surface area (Å²) < 4.78 is 23.0. The normalized spacial score (nSPS) is 24.4. The molecule has 0 bridgehead atoms. The zero-order chi connectivity index (χ0) is 11.6. The Balaban J connectivity index is 1.99. The van der Waals surface area contributed by atoms with Crippen molar-refractivity contribution < 1.29 is 8.42 Å². The van der Waals surface area contributed by atoms with E-state index in [1.54, 1.807) is 17.5 Å². The molecule has 16 heavy (non-hydrogen) atoms. The molecule has 1 atom stereocenters. The van der Waals surface area contributed by atoms with Gasteiger partial charge in [0.2, 0.25) is 0 Å². The summed E-state index contributed by atoms with van der Waals surface area (Å²) in [6, 6.07) is 0. The van der Waals surface area contributed by atoms with E-state index in [9.17, 15) is 8.42 Å². The van der Waals surface area contributed by atoms with Crippen molar-refractivity contribution in [2.75, 3.05) is 11.5 Å². The van der Waals surface area contributed by atoms with Crippen LogP contribution in [0.25, 0.3) is 0 Å². The first-order valence-corrected chi connectivity index (χ1v) is 8.07. The van der Waals surface area contributed by atoms with Crippen LogP contribution in [0.1, 0.15) is 22.7 Å². The van der Waals surface area contributed by atoms with Gasteiger partial charge in [0.25, 0.3) is 0 Å². The van der Waals surface area contributed by atoms with Crippen LogP contribution >= 0.6 is 11.3 Å². The highest BCUT2D eigenvalue weighted by atomic mass is 32.2. The summed E-state index contributed by atoms with van der Waals surface area (Å²) in [6.07, 6.45) is 4.36. The van der Waals surface area contributed by atoms with Crippen molar-refractivity contribution in [2.45, 2.75) is 25.8 Å². The summed E-state index contributed by atoms with van der Waals surface area (Å²) in [5, 5.41) is 1.02. The van der Waals surface area contributed by atoms with Gasteiger partial charge in [-0.2, -0.15) is 0 Å². The summed E-state index contributed by atoms with van der Waals surface area (Å²) >= 11 is 1.60. The summed E-state index contributed by atoms with van der Waals surface area (Å²) in [6.45, 7) is 0.515. The van der Waals surface area contributed by atoms with Gasteiger partial charge in [0.1, 0.15) is 0 Å². The second-order valence-electron chi connectivity index (χ2n) is 4.25. The summed E-state index contributed by atoms with van der Waals surface area (Å²) in [5.41, 5.74) is 5.51. The van der Waals surface area contributed by atoms with E-state index in [0.29, 0.717) is 18.1 Å². The Morgan fingerprint density at radius 1 is 1.56 bits per heavy atom. The molecule has 1 aliphatic heterocycles. The molecule has 0 aliphatic carbocycles. The predicted molar refractivity (Wildman–Crippen MR) is 65.1 cm³/mol. The molecule has 2 N–H and O–H groups in total. The third kappa shape index (κ3) is 3.02. The van der Waals surface area contributed by atoms with E-state index >= 15 is 0 Å². The van der Waals surface area contributed by atoms with Gasteiger partial charge in [0.15, 0.2) is 9.84 Å². The van der Waals surface area contributed by atoms with E-state index in [0.717, 1.165) is 29.1 Å². The lowest BCUT2D eigenvalue weighted by atomic mass is 10.0. The average Bonchev–Trinajstić information content (AvgIpc) is 2.64. The van der Waals surface area contributed by atoms with Crippen LogP contribution < -0.4 is 5.73 Å². The first-order valence-electron chi connectivity index (χ1n) is 5.43. The third-order valence-electron chi connectivity index (χ3n) is 2.82. The maximum atomic E-state index is 11.5. The number of nitrogens with zero attached hydrogens (tertiary/aromatic N) is 1. The minimum atomic E-state index is -2.80. The topological polar surface area (TPSA) is 73.0 Å². The highest BCUT2D eigenvalue weighted by Crippen LogP contribution is 2.24. The van der Waals surface area contributed by atoms with E-state index in [2.05, 4.69) is 4.98 Å². The maximum Gasteiger partial charge on any atom is 0.150 e. The van der Waals surface area contributed by atoms with Crippen LogP contribution in [0, 0.1) is 5.92 Å². The highest BCUT2D eigenvalue weighted by molar-refractivity contribution is 7.91. The Labute approximate surface area is 99.8 Å². The van der Waals surface area contributed by atoms with Crippen molar-refractivity contribution in [1.82, 2.24) is 4.98 Å². The lowest BCUT2D eigenvalue weighted by Crippen LogP contribution is -2.26. The molecule has 1 aromatic heterocycles. The van der Waals surface area contributed by atoms with Crippen LogP contribution in [0.4, 0.5) is 0 Å². The molecule has 1 aliphatic rings. The van der Waals surface area contributed by atoms with Crippen molar-refractivity contribution in [3.63, 3.8) is 0 Å². The van der Waals surface area contributed by atoms with Crippen LogP contribution in [-0.4, -0.2) is 24.9 Å². The molecule has 0 spiro atoms. The van der Waals surface area contributed by atoms with Gasteiger partial charge in [0, 0.05) is 24.0 Å². The molecule has 0 saturated carbocycles. The SMILES string of the molecule is NCc1cnc(CC2CCCS(=O)(=O)C2)s1. The second kappa shape index (κ2) is 4.81. The molecule has 4 nitrogen and oxygen atoms in total. The zero-order valence-electron chi connectivity index (χ0n) is 9.05. The smallest absolute Gasteiger partial charge is 0.150 e. The summed E-state index contributed by atoms with van der Waals surface area (Å²) in [5.74, 6) is 0.926. The maximum absolute atomic E-state index is 11.5. The van der Waals surface area contributed by atoms with Gasteiger partial charge < -0.3 is 5.73 Å². The van der Waals surface area contributed by atoms with E-state index < -0.39 is 9.84 Å². The van der Waals surface area contributed by atoms with Crippen molar-refractivity contribution in [2.24, 2.45) is 11.7 Å². The minimum absolute atomic E-state index is 0.246. The van der Waals surface area contributed by atoms with Crippen molar-refractivity contribution >= 4 is 21.2 Å². The molecule has 1 unspecified atom stereocenters. The van der Waals surface area contributed by atoms with Crippen LogP contribution in [0.5, 0.6) is 0 Å². The lowest BCUT2D eigenvalue weighted by Gasteiger charge is -2.20. The quantitative estimate of drug-likeness (QED) is 0.879. The van der Waals surface area contributed by atoms with Gasteiger partial charge in [0.05, 0.1) is 16.5 Å². The van der Waals surface area contributed by atoms with Crippen molar-refractivity contribution in [3.8, 4) is 0 Å². The first-order chi connectivity index (χ1) is 7.59. The molecule has 0 radical (unpaired) electrons. The van der Waals surface area contributed by atoms with Crippen LogP contribution in [0.15, 0.2) is 6.20 Å². The van der Waals surface area contributed by atoms with Crippen LogP contribution in [-0.2, 0) is 22.8 Å². The van der Waals surface area contributed by atoms with Gasteiger partial charge in [-0.05, 0) is 18.8 Å². The first kappa shape index (κ1) is 12.0. The lowest BCUT2D eigenvalue weighted by molar-refractivity contribution is 0.483. The number of rotatable bonds is 3.